The number of hydrogen-bond donors (Lipinski definition) is 1. The van der Waals surface area contributed by atoms with Gasteiger partial charge >= 0.3 is 0 Å². The maximum atomic E-state index is 13.6. The molecule has 0 saturated heterocycles. The Morgan fingerprint density at radius 1 is 1.47 bits per heavy atom. The Morgan fingerprint density at radius 3 is 2.94 bits per heavy atom. The van der Waals surface area contributed by atoms with E-state index in [0.29, 0.717) is 21.8 Å². The number of halogens is 2. The van der Waals surface area contributed by atoms with E-state index < -0.39 is 5.82 Å². The van der Waals surface area contributed by atoms with Crippen molar-refractivity contribution in [3.63, 3.8) is 0 Å². The third-order valence-corrected chi connectivity index (χ3v) is 2.79. The van der Waals surface area contributed by atoms with Gasteiger partial charge in [0.2, 0.25) is 0 Å². The first-order valence-electron chi connectivity index (χ1n) is 5.06. The van der Waals surface area contributed by atoms with Gasteiger partial charge in [-0.15, -0.1) is 0 Å². The number of aromatic nitrogens is 2. The summed E-state index contributed by atoms with van der Waals surface area (Å²) in [4.78, 5) is 11.5. The molecule has 1 aromatic heterocycles. The summed E-state index contributed by atoms with van der Waals surface area (Å²) < 4.78 is 13.6. The lowest BCUT2D eigenvalue weighted by molar-refractivity contribution is 0.613. The number of nitrogens with one attached hydrogen (secondary N) is 1. The molecule has 0 aliphatic heterocycles. The third-order valence-electron chi connectivity index (χ3n) is 2.44. The zero-order valence-electron chi connectivity index (χ0n) is 9.13. The SMILES string of the molecule is Cc1cc(Cc2c(F)cccc2Cl)c(=O)[nH]n1. The predicted octanol–water partition coefficient (Wildman–Crippen LogP) is 2.46. The van der Waals surface area contributed by atoms with Gasteiger partial charge in [0.1, 0.15) is 5.82 Å². The third kappa shape index (κ3) is 2.53. The van der Waals surface area contributed by atoms with Gasteiger partial charge in [-0.3, -0.25) is 4.79 Å². The van der Waals surface area contributed by atoms with Gasteiger partial charge in [-0.1, -0.05) is 17.7 Å². The van der Waals surface area contributed by atoms with Crippen molar-refractivity contribution in [2.24, 2.45) is 0 Å². The molecule has 0 spiro atoms. The number of rotatable bonds is 2. The molecule has 3 nitrogen and oxygen atoms in total. The van der Waals surface area contributed by atoms with Gasteiger partial charge in [0.25, 0.3) is 5.56 Å². The van der Waals surface area contributed by atoms with E-state index in [1.54, 1.807) is 19.1 Å². The summed E-state index contributed by atoms with van der Waals surface area (Å²) in [5.74, 6) is -0.411. The first kappa shape index (κ1) is 11.8. The Labute approximate surface area is 102 Å². The molecule has 0 fully saturated rings. The van der Waals surface area contributed by atoms with Gasteiger partial charge in [0.15, 0.2) is 0 Å². The summed E-state index contributed by atoms with van der Waals surface area (Å²) in [5, 5.41) is 6.44. The molecule has 0 aliphatic rings. The van der Waals surface area contributed by atoms with Crippen molar-refractivity contribution in [3.05, 3.63) is 62.3 Å². The maximum absolute atomic E-state index is 13.6. The molecule has 88 valence electrons. The van der Waals surface area contributed by atoms with Crippen molar-refractivity contribution >= 4 is 11.6 Å². The lowest BCUT2D eigenvalue weighted by Gasteiger charge is -2.05. The van der Waals surface area contributed by atoms with E-state index in [-0.39, 0.29) is 12.0 Å². The van der Waals surface area contributed by atoms with Gasteiger partial charge < -0.3 is 0 Å². The van der Waals surface area contributed by atoms with Crippen LogP contribution in [0, 0.1) is 12.7 Å². The van der Waals surface area contributed by atoms with E-state index in [9.17, 15) is 9.18 Å². The molecule has 17 heavy (non-hydrogen) atoms. The molecule has 5 heteroatoms. The summed E-state index contributed by atoms with van der Waals surface area (Å²) in [6, 6.07) is 6.08. The average molecular weight is 253 g/mol. The second-order valence-corrected chi connectivity index (χ2v) is 4.15. The fourth-order valence-electron chi connectivity index (χ4n) is 1.58. The van der Waals surface area contributed by atoms with Gasteiger partial charge in [0.05, 0.1) is 5.69 Å². The van der Waals surface area contributed by atoms with E-state index in [2.05, 4.69) is 10.2 Å². The van der Waals surface area contributed by atoms with Gasteiger partial charge in [-0.2, -0.15) is 5.10 Å². The van der Waals surface area contributed by atoms with Gasteiger partial charge in [-0.25, -0.2) is 9.49 Å². The van der Waals surface area contributed by atoms with Crippen molar-refractivity contribution < 1.29 is 4.39 Å². The second-order valence-electron chi connectivity index (χ2n) is 3.74. The zero-order valence-corrected chi connectivity index (χ0v) is 9.88. The number of H-pyrrole nitrogens is 1. The van der Waals surface area contributed by atoms with E-state index in [0.717, 1.165) is 0 Å². The summed E-state index contributed by atoms with van der Waals surface area (Å²) in [7, 11) is 0. The number of aromatic amines is 1. The first-order chi connectivity index (χ1) is 8.08. The van der Waals surface area contributed by atoms with Crippen molar-refractivity contribution in [1.29, 1.82) is 0 Å². The minimum absolute atomic E-state index is 0.157. The fraction of sp³-hybridized carbons (Fsp3) is 0.167. The molecule has 1 N–H and O–H groups in total. The molecule has 2 rings (SSSR count). The summed E-state index contributed by atoms with van der Waals surface area (Å²) >= 11 is 5.90. The van der Waals surface area contributed by atoms with E-state index in [4.69, 9.17) is 11.6 Å². The molecule has 0 saturated carbocycles. The van der Waals surface area contributed by atoms with Crippen LogP contribution in [-0.2, 0) is 6.42 Å². The zero-order chi connectivity index (χ0) is 12.4. The molecule has 0 unspecified atom stereocenters. The number of nitrogens with zero attached hydrogens (tertiary/aromatic N) is 1. The lowest BCUT2D eigenvalue weighted by atomic mass is 10.1. The average Bonchev–Trinajstić information content (AvgIpc) is 2.28. The fourth-order valence-corrected chi connectivity index (χ4v) is 1.81. The van der Waals surface area contributed by atoms with Crippen LogP contribution in [-0.4, -0.2) is 10.2 Å². The lowest BCUT2D eigenvalue weighted by Crippen LogP contribution is -2.15. The van der Waals surface area contributed by atoms with Crippen LogP contribution in [0.25, 0.3) is 0 Å². The minimum atomic E-state index is -0.411. The van der Waals surface area contributed by atoms with E-state index in [1.807, 2.05) is 0 Å². The molecule has 1 aromatic carbocycles. The monoisotopic (exact) mass is 252 g/mol. The smallest absolute Gasteiger partial charge is 0.267 e. The van der Waals surface area contributed by atoms with Crippen LogP contribution < -0.4 is 5.56 Å². The molecule has 0 bridgehead atoms. The highest BCUT2D eigenvalue weighted by Crippen LogP contribution is 2.21. The van der Waals surface area contributed by atoms with E-state index in [1.165, 1.54) is 12.1 Å². The summed E-state index contributed by atoms with van der Waals surface area (Å²) in [6.45, 7) is 1.75. The normalized spacial score (nSPS) is 10.5. The summed E-state index contributed by atoms with van der Waals surface area (Å²) in [6.07, 6.45) is 0.157. The quantitative estimate of drug-likeness (QED) is 0.892. The highest BCUT2D eigenvalue weighted by molar-refractivity contribution is 6.31. The second kappa shape index (κ2) is 4.67. The molecule has 0 amide bonds. The van der Waals surface area contributed by atoms with Crippen molar-refractivity contribution in [1.82, 2.24) is 10.2 Å². The Balaban J connectivity index is 2.45. The van der Waals surface area contributed by atoms with Crippen molar-refractivity contribution in [2.75, 3.05) is 0 Å². The van der Waals surface area contributed by atoms with Crippen molar-refractivity contribution in [3.8, 4) is 0 Å². The Kier molecular flexibility index (Phi) is 3.24. The van der Waals surface area contributed by atoms with Crippen LogP contribution >= 0.6 is 11.6 Å². The Hall–Kier alpha value is -1.68. The van der Waals surface area contributed by atoms with Crippen LogP contribution in [0.5, 0.6) is 0 Å². The number of hydrogen-bond acceptors (Lipinski definition) is 2. The molecular formula is C12H10ClFN2O. The largest absolute Gasteiger partial charge is 0.268 e. The Morgan fingerprint density at radius 2 is 2.24 bits per heavy atom. The molecule has 1 heterocycles. The number of benzene rings is 1. The van der Waals surface area contributed by atoms with Crippen LogP contribution in [0.1, 0.15) is 16.8 Å². The minimum Gasteiger partial charge on any atom is -0.268 e. The van der Waals surface area contributed by atoms with Crippen LogP contribution in [0.2, 0.25) is 5.02 Å². The van der Waals surface area contributed by atoms with Crippen molar-refractivity contribution in [2.45, 2.75) is 13.3 Å². The summed E-state index contributed by atoms with van der Waals surface area (Å²) in [5.41, 5.74) is 1.12. The standard InChI is InChI=1S/C12H10ClFN2O/c1-7-5-8(12(17)16-15-7)6-9-10(13)3-2-4-11(9)14/h2-5H,6H2,1H3,(H,16,17). The van der Waals surface area contributed by atoms with Gasteiger partial charge in [-0.05, 0) is 25.1 Å². The molecule has 0 atom stereocenters. The number of aryl methyl sites for hydroxylation is 1. The maximum Gasteiger partial charge on any atom is 0.267 e. The van der Waals surface area contributed by atoms with Gasteiger partial charge in [0, 0.05) is 22.6 Å². The van der Waals surface area contributed by atoms with Crippen LogP contribution in [0.15, 0.2) is 29.1 Å². The highest BCUT2D eigenvalue weighted by atomic mass is 35.5. The first-order valence-corrected chi connectivity index (χ1v) is 5.44. The van der Waals surface area contributed by atoms with E-state index >= 15 is 0 Å². The Bertz CT molecular complexity index is 589. The van der Waals surface area contributed by atoms with Crippen LogP contribution in [0.4, 0.5) is 4.39 Å². The topological polar surface area (TPSA) is 45.8 Å². The molecule has 0 radical (unpaired) electrons. The predicted molar refractivity (Wildman–Crippen MR) is 63.8 cm³/mol. The van der Waals surface area contributed by atoms with Crippen LogP contribution in [0.3, 0.4) is 0 Å². The highest BCUT2D eigenvalue weighted by Gasteiger charge is 2.10. The molecule has 2 aromatic rings. The molecular weight excluding hydrogens is 243 g/mol. The molecule has 0 aliphatic carbocycles.